The summed E-state index contributed by atoms with van der Waals surface area (Å²) in [4.78, 5) is 28.2. The highest BCUT2D eigenvalue weighted by Crippen LogP contribution is 2.20. The Bertz CT molecular complexity index is 1070. The molecule has 2 aromatic carbocycles. The van der Waals surface area contributed by atoms with E-state index in [1.807, 2.05) is 20.8 Å². The van der Waals surface area contributed by atoms with Gasteiger partial charge in [0.25, 0.3) is 11.8 Å². The van der Waals surface area contributed by atoms with E-state index in [0.29, 0.717) is 43.8 Å². The molecule has 1 heterocycles. The normalized spacial score (nSPS) is 18.5. The highest BCUT2D eigenvalue weighted by atomic mass is 19.1. The van der Waals surface area contributed by atoms with Crippen molar-refractivity contribution in [2.45, 2.75) is 77.2 Å². The standard InChI is InChI=1S/C30H41F2N3O4/c1-4-10-35(11-5-2)30(38)22-9-7-8-21(16-22)29(37)34-27(15-20-13-23(31)17-24(32)14-20)28(36)26-18-25(19-33-26)39-12-6-3/h7-9,13-14,16-17,25-28,33,36H,4-6,10-12,15,18-19H2,1-3H3,(H,34,37)/t25-,26+,27-,28+/m0/s1. The van der Waals surface area contributed by atoms with E-state index in [-0.39, 0.29) is 30.0 Å². The minimum absolute atomic E-state index is 0.0135. The van der Waals surface area contributed by atoms with Crippen molar-refractivity contribution >= 4 is 11.8 Å². The second kappa shape index (κ2) is 15.1. The number of ether oxygens (including phenoxy) is 1. The van der Waals surface area contributed by atoms with Gasteiger partial charge in [0.2, 0.25) is 0 Å². The van der Waals surface area contributed by atoms with Crippen LogP contribution in [0.1, 0.15) is 72.7 Å². The third-order valence-electron chi connectivity index (χ3n) is 6.85. The van der Waals surface area contributed by atoms with Crippen LogP contribution in [0, 0.1) is 11.6 Å². The van der Waals surface area contributed by atoms with Crippen LogP contribution in [0.25, 0.3) is 0 Å². The Morgan fingerprint density at radius 2 is 1.72 bits per heavy atom. The summed E-state index contributed by atoms with van der Waals surface area (Å²) >= 11 is 0. The Kier molecular flexibility index (Phi) is 11.8. The molecule has 1 aliphatic heterocycles. The molecule has 39 heavy (non-hydrogen) atoms. The fourth-order valence-electron chi connectivity index (χ4n) is 5.01. The van der Waals surface area contributed by atoms with Crippen molar-refractivity contribution in [2.24, 2.45) is 0 Å². The van der Waals surface area contributed by atoms with Gasteiger partial charge in [-0.1, -0.05) is 26.8 Å². The van der Waals surface area contributed by atoms with E-state index >= 15 is 0 Å². The fourth-order valence-corrected chi connectivity index (χ4v) is 5.01. The molecule has 4 atom stereocenters. The Morgan fingerprint density at radius 1 is 1.05 bits per heavy atom. The van der Waals surface area contributed by atoms with E-state index in [1.165, 1.54) is 12.1 Å². The van der Waals surface area contributed by atoms with Crippen LogP contribution in [0.5, 0.6) is 0 Å². The summed E-state index contributed by atoms with van der Waals surface area (Å²) in [7, 11) is 0. The average molecular weight is 546 g/mol. The summed E-state index contributed by atoms with van der Waals surface area (Å²) in [5.74, 6) is -2.09. The number of nitrogens with zero attached hydrogens (tertiary/aromatic N) is 1. The summed E-state index contributed by atoms with van der Waals surface area (Å²) in [6.45, 7) is 8.46. The van der Waals surface area contributed by atoms with E-state index in [9.17, 15) is 23.5 Å². The lowest BCUT2D eigenvalue weighted by Crippen LogP contribution is -2.52. The highest BCUT2D eigenvalue weighted by Gasteiger charge is 2.35. The maximum absolute atomic E-state index is 13.9. The summed E-state index contributed by atoms with van der Waals surface area (Å²) in [5, 5.41) is 17.4. The van der Waals surface area contributed by atoms with E-state index in [4.69, 9.17) is 4.74 Å². The molecule has 0 aliphatic carbocycles. The van der Waals surface area contributed by atoms with Gasteiger partial charge in [-0.3, -0.25) is 9.59 Å². The summed E-state index contributed by atoms with van der Waals surface area (Å²) in [6, 6.07) is 8.42. The van der Waals surface area contributed by atoms with Gasteiger partial charge >= 0.3 is 0 Å². The first kappa shape index (κ1) is 30.7. The Hall–Kier alpha value is -2.88. The van der Waals surface area contributed by atoms with Crippen molar-refractivity contribution in [1.29, 1.82) is 0 Å². The molecule has 0 saturated carbocycles. The van der Waals surface area contributed by atoms with Crippen molar-refractivity contribution in [3.63, 3.8) is 0 Å². The van der Waals surface area contributed by atoms with E-state index in [1.54, 1.807) is 29.2 Å². The zero-order valence-electron chi connectivity index (χ0n) is 23.1. The molecule has 0 unspecified atom stereocenters. The Morgan fingerprint density at radius 3 is 2.36 bits per heavy atom. The van der Waals surface area contributed by atoms with E-state index in [0.717, 1.165) is 25.3 Å². The molecule has 1 saturated heterocycles. The van der Waals surface area contributed by atoms with Gasteiger partial charge in [-0.2, -0.15) is 0 Å². The predicted octanol–water partition coefficient (Wildman–Crippen LogP) is 4.09. The largest absolute Gasteiger partial charge is 0.389 e. The molecule has 9 heteroatoms. The first-order valence-corrected chi connectivity index (χ1v) is 13.9. The molecule has 0 aromatic heterocycles. The van der Waals surface area contributed by atoms with Crippen LogP contribution in [-0.2, 0) is 11.2 Å². The topological polar surface area (TPSA) is 90.9 Å². The van der Waals surface area contributed by atoms with Gasteiger partial charge in [0.1, 0.15) is 11.6 Å². The predicted molar refractivity (Wildman–Crippen MR) is 147 cm³/mol. The van der Waals surface area contributed by atoms with Crippen LogP contribution >= 0.6 is 0 Å². The van der Waals surface area contributed by atoms with Crippen LogP contribution in [0.2, 0.25) is 0 Å². The molecular formula is C30H41F2N3O4. The number of nitrogens with one attached hydrogen (secondary N) is 2. The Balaban J connectivity index is 1.80. The summed E-state index contributed by atoms with van der Waals surface area (Å²) < 4.78 is 33.6. The number of rotatable bonds is 14. The lowest BCUT2D eigenvalue weighted by atomic mass is 9.94. The van der Waals surface area contributed by atoms with Crippen molar-refractivity contribution < 1.29 is 28.2 Å². The molecule has 1 fully saturated rings. The maximum atomic E-state index is 13.9. The fraction of sp³-hybridized carbons (Fsp3) is 0.533. The molecule has 0 spiro atoms. The highest BCUT2D eigenvalue weighted by molar-refractivity contribution is 5.99. The lowest BCUT2D eigenvalue weighted by Gasteiger charge is -2.29. The minimum Gasteiger partial charge on any atom is -0.389 e. The van der Waals surface area contributed by atoms with Gasteiger partial charge in [0.05, 0.1) is 18.2 Å². The van der Waals surface area contributed by atoms with Gasteiger partial charge in [0, 0.05) is 49.5 Å². The smallest absolute Gasteiger partial charge is 0.253 e. The third-order valence-corrected chi connectivity index (χ3v) is 6.85. The van der Waals surface area contributed by atoms with Gasteiger partial charge in [-0.05, 0) is 68.0 Å². The quantitative estimate of drug-likeness (QED) is 0.333. The average Bonchev–Trinajstić information content (AvgIpc) is 3.39. The van der Waals surface area contributed by atoms with Crippen LogP contribution < -0.4 is 10.6 Å². The van der Waals surface area contributed by atoms with Crippen LogP contribution in [0.4, 0.5) is 8.78 Å². The Labute approximate surface area is 229 Å². The number of hydrogen-bond acceptors (Lipinski definition) is 5. The number of aliphatic hydroxyl groups excluding tert-OH is 1. The number of amides is 2. The van der Waals surface area contributed by atoms with E-state index < -0.39 is 29.7 Å². The molecule has 3 rings (SSSR count). The van der Waals surface area contributed by atoms with Crippen LogP contribution in [-0.4, -0.2) is 72.4 Å². The molecule has 2 aromatic rings. The number of carbonyl (C=O) groups excluding carboxylic acids is 2. The number of carbonyl (C=O) groups is 2. The molecular weight excluding hydrogens is 504 g/mol. The number of benzene rings is 2. The van der Waals surface area contributed by atoms with Crippen LogP contribution in [0.15, 0.2) is 42.5 Å². The van der Waals surface area contributed by atoms with Crippen LogP contribution in [0.3, 0.4) is 0 Å². The number of halogens is 2. The minimum atomic E-state index is -1.05. The zero-order chi connectivity index (χ0) is 28.4. The van der Waals surface area contributed by atoms with Gasteiger partial charge in [-0.15, -0.1) is 0 Å². The molecule has 3 N–H and O–H groups in total. The van der Waals surface area contributed by atoms with Crippen molar-refractivity contribution in [3.05, 3.63) is 70.8 Å². The zero-order valence-corrected chi connectivity index (χ0v) is 23.1. The first-order valence-electron chi connectivity index (χ1n) is 13.9. The third kappa shape index (κ3) is 8.81. The van der Waals surface area contributed by atoms with Gasteiger partial charge < -0.3 is 25.4 Å². The van der Waals surface area contributed by atoms with Gasteiger partial charge in [0.15, 0.2) is 0 Å². The molecule has 1 aliphatic rings. The molecule has 214 valence electrons. The maximum Gasteiger partial charge on any atom is 0.253 e. The van der Waals surface area contributed by atoms with Gasteiger partial charge in [-0.25, -0.2) is 8.78 Å². The second-order valence-corrected chi connectivity index (χ2v) is 10.2. The summed E-state index contributed by atoms with van der Waals surface area (Å²) in [5.41, 5.74) is 0.981. The SMILES string of the molecule is CCCO[C@@H]1CN[C@@H]([C@@H](O)[C@H](Cc2cc(F)cc(F)c2)NC(=O)c2cccc(C(=O)N(CCC)CCC)c2)C1. The second-order valence-electron chi connectivity index (χ2n) is 10.2. The molecule has 7 nitrogen and oxygen atoms in total. The van der Waals surface area contributed by atoms with Crippen molar-refractivity contribution in [1.82, 2.24) is 15.5 Å². The molecule has 2 amide bonds. The monoisotopic (exact) mass is 545 g/mol. The number of hydrogen-bond donors (Lipinski definition) is 3. The first-order chi connectivity index (χ1) is 18.7. The van der Waals surface area contributed by atoms with Crippen molar-refractivity contribution in [3.8, 4) is 0 Å². The molecule has 0 bridgehead atoms. The lowest BCUT2D eigenvalue weighted by molar-refractivity contribution is 0.0514. The molecule has 0 radical (unpaired) electrons. The van der Waals surface area contributed by atoms with Crippen molar-refractivity contribution in [2.75, 3.05) is 26.2 Å². The van der Waals surface area contributed by atoms with E-state index in [2.05, 4.69) is 10.6 Å². The number of aliphatic hydroxyl groups is 1. The summed E-state index contributed by atoms with van der Waals surface area (Å²) in [6.07, 6.45) is 1.97.